The second kappa shape index (κ2) is 6.87. The van der Waals surface area contributed by atoms with Crippen LogP contribution in [0.15, 0.2) is 29.4 Å². The Bertz CT molecular complexity index is 482. The van der Waals surface area contributed by atoms with Crippen molar-refractivity contribution in [2.24, 2.45) is 5.11 Å². The minimum atomic E-state index is -0.554. The number of hydrogen-bond acceptors (Lipinski definition) is 3. The van der Waals surface area contributed by atoms with Gasteiger partial charge in [0.25, 0.3) is 0 Å². The molecule has 2 N–H and O–H groups in total. The molecule has 0 unspecified atom stereocenters. The quantitative estimate of drug-likeness (QED) is 0.466. The van der Waals surface area contributed by atoms with Crippen LogP contribution in [-0.2, 0) is 9.59 Å². The van der Waals surface area contributed by atoms with Crippen LogP contribution in [0.2, 0.25) is 0 Å². The van der Waals surface area contributed by atoms with E-state index in [0.29, 0.717) is 5.69 Å². The van der Waals surface area contributed by atoms with Crippen LogP contribution in [0.25, 0.3) is 10.4 Å². The topological polar surface area (TPSA) is 107 Å². The van der Waals surface area contributed by atoms with E-state index in [-0.39, 0.29) is 13.1 Å². The normalized spacial score (nSPS) is 9.17. The first-order valence-corrected chi connectivity index (χ1v) is 4.95. The second-order valence-corrected chi connectivity index (χ2v) is 3.22. The number of nitrogens with one attached hydrogen (secondary N) is 2. The van der Waals surface area contributed by atoms with E-state index in [0.717, 1.165) is 0 Å². The fourth-order valence-electron chi connectivity index (χ4n) is 1.07. The van der Waals surface area contributed by atoms with Crippen LogP contribution in [0.5, 0.6) is 0 Å². The van der Waals surface area contributed by atoms with E-state index in [1.54, 1.807) is 0 Å². The van der Waals surface area contributed by atoms with Gasteiger partial charge in [-0.1, -0.05) is 5.11 Å². The number of amides is 2. The third kappa shape index (κ3) is 4.95. The molecule has 0 saturated carbocycles. The van der Waals surface area contributed by atoms with Gasteiger partial charge in [-0.3, -0.25) is 9.59 Å². The zero-order chi connectivity index (χ0) is 13.4. The number of carbonyl (C=O) groups is 2. The summed E-state index contributed by atoms with van der Waals surface area (Å²) in [5.74, 6) is -1.42. The Hall–Kier alpha value is -2.60. The van der Waals surface area contributed by atoms with Crippen molar-refractivity contribution in [3.63, 3.8) is 0 Å². The predicted octanol–water partition coefficient (Wildman–Crippen LogP) is 1.19. The van der Waals surface area contributed by atoms with Crippen LogP contribution in [0, 0.1) is 5.82 Å². The van der Waals surface area contributed by atoms with Gasteiger partial charge >= 0.3 is 0 Å². The lowest BCUT2D eigenvalue weighted by molar-refractivity contribution is -0.123. The number of halogens is 1. The van der Waals surface area contributed by atoms with Crippen LogP contribution in [0.1, 0.15) is 0 Å². The molecule has 8 heteroatoms. The molecule has 0 aliphatic rings. The number of benzene rings is 1. The van der Waals surface area contributed by atoms with Crippen LogP contribution < -0.4 is 10.6 Å². The zero-order valence-electron chi connectivity index (χ0n) is 9.26. The van der Waals surface area contributed by atoms with E-state index in [1.807, 2.05) is 0 Å². The number of hydrogen-bond donors (Lipinski definition) is 2. The number of azide groups is 1. The van der Waals surface area contributed by atoms with Crippen LogP contribution in [0.4, 0.5) is 10.1 Å². The molecule has 0 aliphatic carbocycles. The molecule has 0 heterocycles. The lowest BCUT2D eigenvalue weighted by Gasteiger charge is -2.05. The summed E-state index contributed by atoms with van der Waals surface area (Å²) in [5, 5.41) is 7.75. The zero-order valence-corrected chi connectivity index (χ0v) is 9.26. The first kappa shape index (κ1) is 13.5. The fourth-order valence-corrected chi connectivity index (χ4v) is 1.07. The summed E-state index contributed by atoms with van der Waals surface area (Å²) in [6.07, 6.45) is 0. The third-order valence-electron chi connectivity index (χ3n) is 1.85. The summed E-state index contributed by atoms with van der Waals surface area (Å²) in [7, 11) is 0. The van der Waals surface area contributed by atoms with Gasteiger partial charge in [0.1, 0.15) is 12.4 Å². The number of nitrogens with zero attached hydrogens (tertiary/aromatic N) is 3. The average molecular weight is 251 g/mol. The molecule has 1 rings (SSSR count). The highest BCUT2D eigenvalue weighted by atomic mass is 19.1. The van der Waals surface area contributed by atoms with Gasteiger partial charge in [0.15, 0.2) is 0 Å². The molecule has 2 amide bonds. The summed E-state index contributed by atoms with van der Waals surface area (Å²) in [6, 6.07) is 5.20. The molecule has 0 aromatic heterocycles. The van der Waals surface area contributed by atoms with E-state index in [1.165, 1.54) is 24.3 Å². The Labute approximate surface area is 102 Å². The Morgan fingerprint density at radius 1 is 1.28 bits per heavy atom. The van der Waals surface area contributed by atoms with Crippen molar-refractivity contribution in [3.05, 3.63) is 40.5 Å². The molecule has 0 saturated heterocycles. The van der Waals surface area contributed by atoms with Gasteiger partial charge in [0, 0.05) is 10.6 Å². The lowest BCUT2D eigenvalue weighted by atomic mass is 10.3. The molecule has 94 valence electrons. The van der Waals surface area contributed by atoms with E-state index in [9.17, 15) is 14.0 Å². The van der Waals surface area contributed by atoms with Gasteiger partial charge in [-0.05, 0) is 29.8 Å². The molecule has 0 fully saturated rings. The van der Waals surface area contributed by atoms with Crippen molar-refractivity contribution in [2.45, 2.75) is 0 Å². The van der Waals surface area contributed by atoms with Gasteiger partial charge in [-0.25, -0.2) is 4.39 Å². The maximum Gasteiger partial charge on any atom is 0.243 e. The fraction of sp³-hybridized carbons (Fsp3) is 0.200. The second-order valence-electron chi connectivity index (χ2n) is 3.22. The molecule has 0 radical (unpaired) electrons. The van der Waals surface area contributed by atoms with E-state index >= 15 is 0 Å². The highest BCUT2D eigenvalue weighted by molar-refractivity contribution is 5.94. The molecule has 1 aromatic carbocycles. The van der Waals surface area contributed by atoms with E-state index in [2.05, 4.69) is 20.7 Å². The molecular weight excluding hydrogens is 241 g/mol. The maximum absolute atomic E-state index is 12.6. The van der Waals surface area contributed by atoms with Gasteiger partial charge in [-0.2, -0.15) is 0 Å². The van der Waals surface area contributed by atoms with Crippen molar-refractivity contribution >= 4 is 17.5 Å². The van der Waals surface area contributed by atoms with Crippen molar-refractivity contribution in [3.8, 4) is 0 Å². The molecule has 7 nitrogen and oxygen atoms in total. The minimum absolute atomic E-state index is 0.253. The van der Waals surface area contributed by atoms with Gasteiger partial charge < -0.3 is 10.6 Å². The number of rotatable bonds is 5. The van der Waals surface area contributed by atoms with Crippen LogP contribution in [0.3, 0.4) is 0 Å². The highest BCUT2D eigenvalue weighted by Crippen LogP contribution is 2.07. The SMILES string of the molecule is [N-]=[N+]=NCC(=O)NCC(=O)Nc1ccc(F)cc1. The van der Waals surface area contributed by atoms with Crippen molar-refractivity contribution in [1.29, 1.82) is 0 Å². The molecule has 0 bridgehead atoms. The Morgan fingerprint density at radius 3 is 2.56 bits per heavy atom. The summed E-state index contributed by atoms with van der Waals surface area (Å²) in [6.45, 7) is -0.614. The number of carbonyl (C=O) groups excluding carboxylic acids is 2. The molecule has 0 aliphatic heterocycles. The van der Waals surface area contributed by atoms with Crippen molar-refractivity contribution in [1.82, 2.24) is 5.32 Å². The largest absolute Gasteiger partial charge is 0.347 e. The van der Waals surface area contributed by atoms with Gasteiger partial charge in [0.2, 0.25) is 11.8 Å². The molecule has 0 atom stereocenters. The minimum Gasteiger partial charge on any atom is -0.347 e. The van der Waals surface area contributed by atoms with E-state index in [4.69, 9.17) is 5.53 Å². The monoisotopic (exact) mass is 251 g/mol. The van der Waals surface area contributed by atoms with Gasteiger partial charge in [0.05, 0.1) is 6.54 Å². The van der Waals surface area contributed by atoms with Crippen molar-refractivity contribution in [2.75, 3.05) is 18.4 Å². The maximum atomic E-state index is 12.6. The van der Waals surface area contributed by atoms with Crippen LogP contribution >= 0.6 is 0 Å². The summed E-state index contributed by atoms with van der Waals surface area (Å²) >= 11 is 0. The van der Waals surface area contributed by atoms with Gasteiger partial charge in [-0.15, -0.1) is 0 Å². The van der Waals surface area contributed by atoms with Crippen molar-refractivity contribution < 1.29 is 14.0 Å². The summed E-state index contributed by atoms with van der Waals surface area (Å²) in [4.78, 5) is 24.8. The predicted molar refractivity (Wildman–Crippen MR) is 62.1 cm³/mol. The molecule has 0 spiro atoms. The molecule has 18 heavy (non-hydrogen) atoms. The molecular formula is C10H10FN5O2. The standard InChI is InChI=1S/C10H10FN5O2/c11-7-1-3-8(4-2-7)15-10(18)5-13-9(17)6-14-16-12/h1-4H,5-6H2,(H,13,17)(H,15,18). The lowest BCUT2D eigenvalue weighted by Crippen LogP contribution is -2.34. The summed E-state index contributed by atoms with van der Waals surface area (Å²) in [5.41, 5.74) is 8.40. The first-order valence-electron chi connectivity index (χ1n) is 4.95. The molecule has 1 aromatic rings. The Morgan fingerprint density at radius 2 is 1.94 bits per heavy atom. The smallest absolute Gasteiger partial charge is 0.243 e. The highest BCUT2D eigenvalue weighted by Gasteiger charge is 2.05. The summed E-state index contributed by atoms with van der Waals surface area (Å²) < 4.78 is 12.6. The Balaban J connectivity index is 2.35. The first-order chi connectivity index (χ1) is 8.61. The van der Waals surface area contributed by atoms with Crippen LogP contribution in [-0.4, -0.2) is 24.9 Å². The number of anilines is 1. The Kier molecular flexibility index (Phi) is 5.14. The van der Waals surface area contributed by atoms with E-state index < -0.39 is 17.6 Å². The third-order valence-corrected chi connectivity index (χ3v) is 1.85. The average Bonchev–Trinajstić information content (AvgIpc) is 2.36.